The number of ketones is 1. The number of dihydropyridines is 1. The molecule has 0 radical (unpaired) electrons. The van der Waals surface area contributed by atoms with E-state index in [4.69, 9.17) is 21.1 Å². The number of ether oxygens (including phenoxy) is 2. The molecule has 1 heterocycles. The molecule has 176 valence electrons. The Bertz CT molecular complexity index is 1050. The summed E-state index contributed by atoms with van der Waals surface area (Å²) in [5.74, 6) is -4.85. The van der Waals surface area contributed by atoms with E-state index in [9.17, 15) is 14.4 Å². The van der Waals surface area contributed by atoms with Gasteiger partial charge in [0.2, 0.25) is 0 Å². The first kappa shape index (κ1) is 23.5. The predicted molar refractivity (Wildman–Crippen MR) is 120 cm³/mol. The minimum Gasteiger partial charge on any atom is -0.468 e. The maximum absolute atomic E-state index is 15.2. The zero-order valence-corrected chi connectivity index (χ0v) is 19.6. The third-order valence-corrected chi connectivity index (χ3v) is 7.16. The largest absolute Gasteiger partial charge is 0.468 e. The summed E-state index contributed by atoms with van der Waals surface area (Å²) >= 11 is 6.42. The third kappa shape index (κ3) is 4.19. The van der Waals surface area contributed by atoms with Gasteiger partial charge in [0, 0.05) is 27.6 Å². The van der Waals surface area contributed by atoms with Crippen molar-refractivity contribution in [2.24, 2.45) is 11.8 Å². The van der Waals surface area contributed by atoms with Crippen molar-refractivity contribution in [1.29, 1.82) is 0 Å². The summed E-state index contributed by atoms with van der Waals surface area (Å²) < 4.78 is 25.8. The van der Waals surface area contributed by atoms with E-state index < -0.39 is 35.4 Å². The zero-order chi connectivity index (χ0) is 23.9. The van der Waals surface area contributed by atoms with Crippen LogP contribution in [-0.2, 0) is 23.9 Å². The number of methoxy groups -OCH3 is 1. The van der Waals surface area contributed by atoms with Crippen LogP contribution in [0, 0.1) is 17.7 Å². The number of halogens is 2. The molecule has 0 amide bonds. The topological polar surface area (TPSA) is 81.7 Å². The molecule has 3 atom stereocenters. The SMILES string of the molecule is COC(=O)[C@@H]1C(=O)C2=C(C[C@@H]1C)NC(C)=C(C(=O)OC1CCCC1)[C@@H]2c1c(F)cccc1Cl. The Morgan fingerprint density at radius 1 is 1.21 bits per heavy atom. The third-order valence-electron chi connectivity index (χ3n) is 6.83. The normalized spacial score (nSPS) is 25.6. The quantitative estimate of drug-likeness (QED) is 0.507. The number of Topliss-reactive ketones (excluding diaryl/α,β-unsaturated/α-hetero) is 1. The van der Waals surface area contributed by atoms with Gasteiger partial charge in [-0.05, 0) is 57.1 Å². The Morgan fingerprint density at radius 2 is 1.91 bits per heavy atom. The summed E-state index contributed by atoms with van der Waals surface area (Å²) in [5, 5.41) is 3.26. The minimum atomic E-state index is -1.09. The minimum absolute atomic E-state index is 0.0254. The van der Waals surface area contributed by atoms with Crippen molar-refractivity contribution >= 4 is 29.3 Å². The highest BCUT2D eigenvalue weighted by molar-refractivity contribution is 6.31. The maximum Gasteiger partial charge on any atom is 0.337 e. The first-order chi connectivity index (χ1) is 15.7. The van der Waals surface area contributed by atoms with Crippen molar-refractivity contribution in [3.05, 3.63) is 57.1 Å². The standard InChI is InChI=1S/C25H27ClFNO5/c1-12-11-17-21(23(29)18(12)24(30)32-3)22(20-15(26)9-6-10-16(20)27)19(13(2)28-17)25(31)33-14-7-4-5-8-14/h6,9-10,12,14,18,22,28H,4-5,7-8,11H2,1-3H3/t12-,18-,22+/m0/s1. The van der Waals surface area contributed by atoms with Crippen LogP contribution in [0.25, 0.3) is 0 Å². The molecule has 0 spiro atoms. The molecular weight excluding hydrogens is 449 g/mol. The molecule has 0 saturated heterocycles. The van der Waals surface area contributed by atoms with Gasteiger partial charge >= 0.3 is 11.9 Å². The molecule has 33 heavy (non-hydrogen) atoms. The fraction of sp³-hybridized carbons (Fsp3) is 0.480. The van der Waals surface area contributed by atoms with Crippen molar-refractivity contribution in [2.75, 3.05) is 7.11 Å². The fourth-order valence-electron chi connectivity index (χ4n) is 5.25. The molecule has 0 bridgehead atoms. The molecule has 1 saturated carbocycles. The number of nitrogens with one attached hydrogen (secondary N) is 1. The second-order valence-electron chi connectivity index (χ2n) is 8.98. The number of esters is 2. The lowest BCUT2D eigenvalue weighted by Crippen LogP contribution is -2.43. The molecule has 1 aliphatic heterocycles. The molecule has 8 heteroatoms. The molecule has 3 aliphatic rings. The van der Waals surface area contributed by atoms with Gasteiger partial charge in [0.15, 0.2) is 5.78 Å². The Morgan fingerprint density at radius 3 is 2.55 bits per heavy atom. The van der Waals surface area contributed by atoms with E-state index >= 15 is 4.39 Å². The van der Waals surface area contributed by atoms with E-state index in [1.54, 1.807) is 13.8 Å². The molecule has 4 rings (SSSR count). The van der Waals surface area contributed by atoms with Crippen LogP contribution in [-0.4, -0.2) is 30.9 Å². The molecular formula is C25H27ClFNO5. The van der Waals surface area contributed by atoms with Gasteiger partial charge in [-0.2, -0.15) is 0 Å². The highest BCUT2D eigenvalue weighted by Gasteiger charge is 2.48. The molecule has 1 N–H and O–H groups in total. The predicted octanol–water partition coefficient (Wildman–Crippen LogP) is 4.58. The van der Waals surface area contributed by atoms with Crippen LogP contribution < -0.4 is 5.32 Å². The summed E-state index contributed by atoms with van der Waals surface area (Å²) in [6, 6.07) is 4.23. The first-order valence-electron chi connectivity index (χ1n) is 11.2. The van der Waals surface area contributed by atoms with Crippen molar-refractivity contribution in [1.82, 2.24) is 5.32 Å². The van der Waals surface area contributed by atoms with Crippen LogP contribution in [0.3, 0.4) is 0 Å². The van der Waals surface area contributed by atoms with Crippen LogP contribution in [0.1, 0.15) is 57.4 Å². The van der Waals surface area contributed by atoms with Crippen LogP contribution in [0.2, 0.25) is 5.02 Å². The van der Waals surface area contributed by atoms with Gasteiger partial charge in [0.05, 0.1) is 18.6 Å². The number of carbonyl (C=O) groups is 3. The van der Waals surface area contributed by atoms with Gasteiger partial charge in [0.1, 0.15) is 17.8 Å². The number of rotatable bonds is 4. The molecule has 0 aromatic heterocycles. The summed E-state index contributed by atoms with van der Waals surface area (Å²) in [5.41, 5.74) is 1.38. The van der Waals surface area contributed by atoms with E-state index in [1.807, 2.05) is 0 Å². The van der Waals surface area contributed by atoms with Crippen LogP contribution >= 0.6 is 11.6 Å². The van der Waals surface area contributed by atoms with Crippen molar-refractivity contribution < 1.29 is 28.2 Å². The number of benzene rings is 1. The molecule has 1 aromatic rings. The average Bonchev–Trinajstić information content (AvgIpc) is 3.25. The highest BCUT2D eigenvalue weighted by Crippen LogP contribution is 2.47. The maximum atomic E-state index is 15.2. The van der Waals surface area contributed by atoms with Gasteiger partial charge in [-0.3, -0.25) is 9.59 Å². The second-order valence-corrected chi connectivity index (χ2v) is 9.39. The van der Waals surface area contributed by atoms with Gasteiger partial charge in [-0.15, -0.1) is 0 Å². The van der Waals surface area contributed by atoms with Crippen molar-refractivity contribution in [3.63, 3.8) is 0 Å². The summed E-state index contributed by atoms with van der Waals surface area (Å²) in [6.07, 6.45) is 3.64. The summed E-state index contributed by atoms with van der Waals surface area (Å²) in [7, 11) is 1.23. The summed E-state index contributed by atoms with van der Waals surface area (Å²) in [4.78, 5) is 39.5. The van der Waals surface area contributed by atoms with E-state index in [2.05, 4.69) is 5.32 Å². The van der Waals surface area contributed by atoms with Crippen molar-refractivity contribution in [3.8, 4) is 0 Å². The zero-order valence-electron chi connectivity index (χ0n) is 18.9. The van der Waals surface area contributed by atoms with Crippen LogP contribution in [0.4, 0.5) is 4.39 Å². The lowest BCUT2D eigenvalue weighted by atomic mass is 9.69. The van der Waals surface area contributed by atoms with E-state index in [0.29, 0.717) is 17.8 Å². The Labute approximate surface area is 197 Å². The molecule has 6 nitrogen and oxygen atoms in total. The lowest BCUT2D eigenvalue weighted by molar-refractivity contribution is -0.151. The molecule has 1 fully saturated rings. The Balaban J connectivity index is 1.86. The van der Waals surface area contributed by atoms with Gasteiger partial charge in [0.25, 0.3) is 0 Å². The number of carbonyl (C=O) groups excluding carboxylic acids is 3. The number of hydrogen-bond donors (Lipinski definition) is 1. The van der Waals surface area contributed by atoms with Gasteiger partial charge in [-0.1, -0.05) is 24.6 Å². The summed E-state index contributed by atoms with van der Waals surface area (Å²) in [6.45, 7) is 3.50. The lowest BCUT2D eigenvalue weighted by Gasteiger charge is -2.38. The van der Waals surface area contributed by atoms with E-state index in [0.717, 1.165) is 25.7 Å². The molecule has 0 unspecified atom stereocenters. The van der Waals surface area contributed by atoms with Gasteiger partial charge in [-0.25, -0.2) is 9.18 Å². The Hall–Kier alpha value is -2.67. The van der Waals surface area contributed by atoms with Crippen LogP contribution in [0.15, 0.2) is 40.7 Å². The van der Waals surface area contributed by atoms with Gasteiger partial charge < -0.3 is 14.8 Å². The first-order valence-corrected chi connectivity index (χ1v) is 11.6. The smallest absolute Gasteiger partial charge is 0.337 e. The fourth-order valence-corrected chi connectivity index (χ4v) is 5.52. The number of hydrogen-bond acceptors (Lipinski definition) is 6. The number of allylic oxidation sites excluding steroid dienone is 3. The van der Waals surface area contributed by atoms with Crippen molar-refractivity contribution in [2.45, 2.75) is 58.0 Å². The second kappa shape index (κ2) is 9.29. The monoisotopic (exact) mass is 475 g/mol. The Kier molecular flexibility index (Phi) is 6.61. The van der Waals surface area contributed by atoms with E-state index in [1.165, 1.54) is 25.3 Å². The molecule has 2 aliphatic carbocycles. The van der Waals surface area contributed by atoms with Crippen LogP contribution in [0.5, 0.6) is 0 Å². The van der Waals surface area contributed by atoms with E-state index in [-0.39, 0.29) is 33.8 Å². The molecule has 1 aromatic carbocycles. The average molecular weight is 476 g/mol. The highest BCUT2D eigenvalue weighted by atomic mass is 35.5.